The van der Waals surface area contributed by atoms with Crippen LogP contribution in [0.2, 0.25) is 0 Å². The number of likely N-dealkylation sites (tertiary alicyclic amines) is 2. The summed E-state index contributed by atoms with van der Waals surface area (Å²) < 4.78 is 15.8. The molecule has 0 spiro atoms. The van der Waals surface area contributed by atoms with E-state index in [1.54, 1.807) is 11.8 Å². The first-order chi connectivity index (χ1) is 21.1. The average Bonchev–Trinajstić information content (AvgIpc) is 3.66. The van der Waals surface area contributed by atoms with Crippen LogP contribution in [0.15, 0.2) is 54.6 Å². The zero-order chi connectivity index (χ0) is 31.9. The molecule has 0 aromatic heterocycles. The van der Waals surface area contributed by atoms with Crippen molar-refractivity contribution in [2.24, 2.45) is 5.92 Å². The molecule has 4 rings (SSSR count). The van der Waals surface area contributed by atoms with Crippen LogP contribution in [0.25, 0.3) is 0 Å². The lowest BCUT2D eigenvalue weighted by atomic mass is 9.79. The van der Waals surface area contributed by atoms with Crippen molar-refractivity contribution in [3.63, 3.8) is 0 Å². The lowest BCUT2D eigenvalue weighted by Crippen LogP contribution is -2.59. The fourth-order valence-corrected chi connectivity index (χ4v) is 6.48. The molecular formula is C34H42N2O8. The maximum Gasteiger partial charge on any atom is 0.410 e. The lowest BCUT2D eigenvalue weighted by Gasteiger charge is -2.40. The molecule has 2 amide bonds. The number of nitrogens with zero attached hydrogens (tertiary/aromatic N) is 2. The number of hydrogen-bond donors (Lipinski definition) is 0. The first-order valence-electron chi connectivity index (χ1n) is 15.2. The standard InChI is InChI=1S/C34H42N2O8/c1-23-11-8-14-27(19-23)21-34(30(38)20-28(32(40)42-4)24(2)44-25(3)37)16-10-18-36(34)31(39)29-15-9-17-35(29)33(41)43-22-26-12-6-5-7-13-26/h5-8,11-14,19,24,28-29H,9-10,15-18,20-22H2,1-4H3/t24-,28+,29+,34?/m1/s1. The molecule has 2 heterocycles. The zero-order valence-electron chi connectivity index (χ0n) is 26.0. The number of Topliss-reactive ketones (excluding diaryl/α,β-unsaturated/α-hetero) is 1. The van der Waals surface area contributed by atoms with Gasteiger partial charge >= 0.3 is 18.0 Å². The number of aryl methyl sites for hydroxylation is 1. The number of amides is 2. The number of benzene rings is 2. The first-order valence-corrected chi connectivity index (χ1v) is 15.2. The average molecular weight is 607 g/mol. The largest absolute Gasteiger partial charge is 0.469 e. The molecule has 0 N–H and O–H groups in total. The summed E-state index contributed by atoms with van der Waals surface area (Å²) in [5, 5.41) is 0. The van der Waals surface area contributed by atoms with Gasteiger partial charge in [0.25, 0.3) is 0 Å². The molecule has 236 valence electrons. The second-order valence-corrected chi connectivity index (χ2v) is 11.8. The third-order valence-corrected chi connectivity index (χ3v) is 8.66. The Morgan fingerprint density at radius 1 is 0.977 bits per heavy atom. The molecule has 0 radical (unpaired) electrons. The van der Waals surface area contributed by atoms with Crippen LogP contribution in [0.4, 0.5) is 4.79 Å². The molecule has 1 unspecified atom stereocenters. The zero-order valence-corrected chi connectivity index (χ0v) is 26.0. The summed E-state index contributed by atoms with van der Waals surface area (Å²) in [6.45, 7) is 5.55. The van der Waals surface area contributed by atoms with Crippen LogP contribution in [-0.4, -0.2) is 77.4 Å². The third kappa shape index (κ3) is 7.46. The fourth-order valence-electron chi connectivity index (χ4n) is 6.48. The molecule has 0 bridgehead atoms. The highest BCUT2D eigenvalue weighted by atomic mass is 16.6. The van der Waals surface area contributed by atoms with Gasteiger partial charge in [-0.3, -0.25) is 24.1 Å². The van der Waals surface area contributed by atoms with Gasteiger partial charge in [0, 0.05) is 32.9 Å². The van der Waals surface area contributed by atoms with Crippen molar-refractivity contribution in [3.8, 4) is 0 Å². The van der Waals surface area contributed by atoms with Gasteiger partial charge in [0.15, 0.2) is 5.78 Å². The Bertz CT molecular complexity index is 1360. The van der Waals surface area contributed by atoms with Crippen molar-refractivity contribution in [2.45, 2.75) is 83.6 Å². The maximum absolute atomic E-state index is 14.4. The van der Waals surface area contributed by atoms with Gasteiger partial charge in [-0.1, -0.05) is 60.2 Å². The highest BCUT2D eigenvalue weighted by Gasteiger charge is 2.53. The summed E-state index contributed by atoms with van der Waals surface area (Å²) in [5.41, 5.74) is 1.48. The van der Waals surface area contributed by atoms with Gasteiger partial charge in [0.05, 0.1) is 7.11 Å². The Balaban J connectivity index is 1.62. The van der Waals surface area contributed by atoms with Crippen LogP contribution >= 0.6 is 0 Å². The van der Waals surface area contributed by atoms with Crippen LogP contribution in [0.3, 0.4) is 0 Å². The Kier molecular flexibility index (Phi) is 10.8. The normalized spacial score (nSPS) is 21.0. The van der Waals surface area contributed by atoms with Crippen molar-refractivity contribution in [1.29, 1.82) is 0 Å². The topological polar surface area (TPSA) is 120 Å². The number of hydrogen-bond acceptors (Lipinski definition) is 8. The van der Waals surface area contributed by atoms with Crippen LogP contribution in [0, 0.1) is 12.8 Å². The van der Waals surface area contributed by atoms with E-state index in [1.807, 2.05) is 61.5 Å². The third-order valence-electron chi connectivity index (χ3n) is 8.66. The molecule has 10 heteroatoms. The Labute approximate surface area is 258 Å². The highest BCUT2D eigenvalue weighted by Crippen LogP contribution is 2.38. The molecule has 2 aromatic rings. The molecule has 2 fully saturated rings. The number of ketones is 1. The number of esters is 2. The van der Waals surface area contributed by atoms with E-state index in [9.17, 15) is 24.0 Å². The second kappa shape index (κ2) is 14.5. The minimum absolute atomic E-state index is 0.0893. The summed E-state index contributed by atoms with van der Waals surface area (Å²) in [6.07, 6.45) is 0.566. The highest BCUT2D eigenvalue weighted by molar-refractivity contribution is 5.97. The van der Waals surface area contributed by atoms with Gasteiger partial charge in [0.1, 0.15) is 30.2 Å². The number of rotatable bonds is 11. The molecule has 0 saturated carbocycles. The van der Waals surface area contributed by atoms with E-state index in [0.717, 1.165) is 16.7 Å². The number of ether oxygens (including phenoxy) is 3. The van der Waals surface area contributed by atoms with Crippen molar-refractivity contribution >= 4 is 29.7 Å². The van der Waals surface area contributed by atoms with Crippen LogP contribution in [0.1, 0.15) is 62.6 Å². The van der Waals surface area contributed by atoms with Crippen LogP contribution in [-0.2, 0) is 46.4 Å². The molecule has 10 nitrogen and oxygen atoms in total. The van der Waals surface area contributed by atoms with Gasteiger partial charge in [0.2, 0.25) is 5.91 Å². The van der Waals surface area contributed by atoms with Gasteiger partial charge in [-0.05, 0) is 50.7 Å². The van der Waals surface area contributed by atoms with Gasteiger partial charge in [-0.15, -0.1) is 0 Å². The van der Waals surface area contributed by atoms with E-state index in [1.165, 1.54) is 18.9 Å². The van der Waals surface area contributed by atoms with E-state index in [4.69, 9.17) is 14.2 Å². The van der Waals surface area contributed by atoms with E-state index < -0.39 is 41.6 Å². The van der Waals surface area contributed by atoms with Crippen LogP contribution in [0.5, 0.6) is 0 Å². The smallest absolute Gasteiger partial charge is 0.410 e. The number of carbonyl (C=O) groups excluding carboxylic acids is 5. The predicted octanol–water partition coefficient (Wildman–Crippen LogP) is 4.40. The fraction of sp³-hybridized carbons (Fsp3) is 0.500. The SMILES string of the molecule is COC(=O)[C@@H](CC(=O)C1(Cc2cccc(C)c2)CCCN1C(=O)[C@@H]1CCCN1C(=O)OCc1ccccc1)[C@@H](C)OC(C)=O. The predicted molar refractivity (Wildman–Crippen MR) is 161 cm³/mol. The van der Waals surface area contributed by atoms with Gasteiger partial charge in [-0.2, -0.15) is 0 Å². The van der Waals surface area contributed by atoms with Crippen molar-refractivity contribution < 1.29 is 38.2 Å². The molecule has 2 saturated heterocycles. The summed E-state index contributed by atoms with van der Waals surface area (Å²) in [7, 11) is 1.22. The van der Waals surface area contributed by atoms with E-state index in [-0.39, 0.29) is 31.1 Å². The van der Waals surface area contributed by atoms with Crippen LogP contribution < -0.4 is 0 Å². The first kappa shape index (κ1) is 32.7. The molecular weight excluding hydrogens is 564 g/mol. The van der Waals surface area contributed by atoms with Gasteiger partial charge < -0.3 is 19.1 Å². The minimum Gasteiger partial charge on any atom is -0.469 e. The second-order valence-electron chi connectivity index (χ2n) is 11.8. The summed E-state index contributed by atoms with van der Waals surface area (Å²) in [5.74, 6) is -2.90. The van der Waals surface area contributed by atoms with E-state index >= 15 is 0 Å². The molecule has 0 aliphatic carbocycles. The van der Waals surface area contributed by atoms with Crippen molar-refractivity contribution in [2.75, 3.05) is 20.2 Å². The van der Waals surface area contributed by atoms with Crippen molar-refractivity contribution in [3.05, 3.63) is 71.3 Å². The summed E-state index contributed by atoms with van der Waals surface area (Å²) in [4.78, 5) is 69.5. The van der Waals surface area contributed by atoms with Crippen molar-refractivity contribution in [1.82, 2.24) is 9.80 Å². The molecule has 2 aromatic carbocycles. The Hall–Kier alpha value is -4.21. The number of methoxy groups -OCH3 is 1. The molecule has 2 aliphatic heterocycles. The molecule has 4 atom stereocenters. The Morgan fingerprint density at radius 2 is 1.70 bits per heavy atom. The maximum atomic E-state index is 14.4. The summed E-state index contributed by atoms with van der Waals surface area (Å²) >= 11 is 0. The monoisotopic (exact) mass is 606 g/mol. The van der Waals surface area contributed by atoms with Gasteiger partial charge in [-0.25, -0.2) is 4.79 Å². The number of carbonyl (C=O) groups is 5. The minimum atomic E-state index is -1.25. The van der Waals surface area contributed by atoms with E-state index in [2.05, 4.69) is 0 Å². The summed E-state index contributed by atoms with van der Waals surface area (Å²) in [6, 6.07) is 16.3. The molecule has 2 aliphatic rings. The lowest BCUT2D eigenvalue weighted by molar-refractivity contribution is -0.161. The molecule has 44 heavy (non-hydrogen) atoms. The quantitative estimate of drug-likeness (QED) is 0.273. The van der Waals surface area contributed by atoms with E-state index in [0.29, 0.717) is 38.8 Å². The Morgan fingerprint density at radius 3 is 2.39 bits per heavy atom.